The maximum Gasteiger partial charge on any atom is 0.509 e. The van der Waals surface area contributed by atoms with Crippen molar-refractivity contribution in [2.45, 2.75) is 110 Å². The van der Waals surface area contributed by atoms with E-state index in [0.717, 1.165) is 13.8 Å². The van der Waals surface area contributed by atoms with Crippen LogP contribution in [0, 0.1) is 16.7 Å². The monoisotopic (exact) mass is 710 g/mol. The highest BCUT2D eigenvalue weighted by atomic mass is 16.7. The molecule has 5 rings (SSSR count). The summed E-state index contributed by atoms with van der Waals surface area (Å²) in [5.74, 6) is -6.48. The largest absolute Gasteiger partial charge is 0.509 e. The van der Waals surface area contributed by atoms with E-state index in [1.807, 2.05) is 0 Å². The van der Waals surface area contributed by atoms with Crippen LogP contribution in [0.1, 0.15) is 79.1 Å². The molecule has 1 N–H and O–H groups in total. The minimum absolute atomic E-state index is 0.00339. The molecule has 3 fully saturated rings. The highest BCUT2D eigenvalue weighted by molar-refractivity contribution is 6.48. The van der Waals surface area contributed by atoms with Crippen LogP contribution in [0.2, 0.25) is 0 Å². The van der Waals surface area contributed by atoms with Crippen LogP contribution in [-0.4, -0.2) is 99.1 Å². The van der Waals surface area contributed by atoms with Gasteiger partial charge in [0.15, 0.2) is 23.6 Å². The van der Waals surface area contributed by atoms with E-state index in [-0.39, 0.29) is 29.7 Å². The standard InChI is InChI=1S/C36H42N2O13/c1-17-23-25(47-18(2)39)28(42)34(9)21(48-31(44)51-32(4,5)6)15-22-35(16-46-22,50-19(3)40)26(34)29(49-30(43)20-13-11-10-12-14-20)36(45,33(23,7)8)27(38-37)24(17)41/h10-14,21-22,25-26,29,45H,15-16H2,1-9H3/t21-,22+,25+,26-,29-,34+,35-,36+/m0/s1. The number of ether oxygens (including phenoxy) is 6. The molecule has 3 aliphatic carbocycles. The number of ketones is 2. The van der Waals surface area contributed by atoms with Gasteiger partial charge in [-0.1, -0.05) is 32.0 Å². The Balaban J connectivity index is 1.92. The van der Waals surface area contributed by atoms with Crippen molar-refractivity contribution in [2.24, 2.45) is 16.7 Å². The van der Waals surface area contributed by atoms with Crippen LogP contribution in [0.3, 0.4) is 0 Å². The van der Waals surface area contributed by atoms with Crippen molar-refractivity contribution in [3.63, 3.8) is 0 Å². The Bertz CT molecular complexity index is 1790. The van der Waals surface area contributed by atoms with Crippen LogP contribution < -0.4 is 0 Å². The maximum atomic E-state index is 15.4. The summed E-state index contributed by atoms with van der Waals surface area (Å²) in [6.45, 7) is 12.0. The number of rotatable bonds is 5. The van der Waals surface area contributed by atoms with Crippen LogP contribution in [-0.2, 0) is 47.6 Å². The van der Waals surface area contributed by atoms with E-state index in [9.17, 15) is 34.6 Å². The number of hydrogen-bond donors (Lipinski definition) is 1. The summed E-state index contributed by atoms with van der Waals surface area (Å²) in [7, 11) is 0. The Morgan fingerprint density at radius 2 is 1.61 bits per heavy atom. The van der Waals surface area contributed by atoms with Gasteiger partial charge in [-0.3, -0.25) is 19.2 Å². The molecule has 4 aliphatic rings. The molecule has 0 radical (unpaired) electrons. The number of carbonyl (C=O) groups is 6. The van der Waals surface area contributed by atoms with Gasteiger partial charge in [-0.05, 0) is 52.3 Å². The number of aliphatic hydroxyl groups is 1. The molecule has 0 aromatic heterocycles. The van der Waals surface area contributed by atoms with E-state index >= 15 is 4.79 Å². The third kappa shape index (κ3) is 5.67. The summed E-state index contributed by atoms with van der Waals surface area (Å²) in [4.78, 5) is 85.7. The molecule has 15 nitrogen and oxygen atoms in total. The second-order valence-electron chi connectivity index (χ2n) is 15.2. The molecule has 0 amide bonds. The molecule has 1 aromatic carbocycles. The first-order valence-electron chi connectivity index (χ1n) is 16.5. The lowest BCUT2D eigenvalue weighted by Crippen LogP contribution is -2.83. The van der Waals surface area contributed by atoms with Crippen LogP contribution in [0.5, 0.6) is 0 Å². The van der Waals surface area contributed by atoms with Crippen molar-refractivity contribution in [1.29, 1.82) is 0 Å². The van der Waals surface area contributed by atoms with Crippen LogP contribution >= 0.6 is 0 Å². The van der Waals surface area contributed by atoms with Gasteiger partial charge >= 0.3 is 29.8 Å². The molecule has 15 heteroatoms. The van der Waals surface area contributed by atoms with Crippen LogP contribution in [0.15, 0.2) is 41.5 Å². The summed E-state index contributed by atoms with van der Waals surface area (Å²) in [6, 6.07) is 7.62. The summed E-state index contributed by atoms with van der Waals surface area (Å²) >= 11 is 0. The number of benzene rings is 1. The molecular weight excluding hydrogens is 668 g/mol. The van der Waals surface area contributed by atoms with Crippen molar-refractivity contribution in [1.82, 2.24) is 0 Å². The first kappa shape index (κ1) is 37.5. The van der Waals surface area contributed by atoms with Gasteiger partial charge in [0.2, 0.25) is 5.60 Å². The van der Waals surface area contributed by atoms with Crippen molar-refractivity contribution >= 4 is 41.3 Å². The number of nitrogens with zero attached hydrogens (tertiary/aromatic N) is 2. The van der Waals surface area contributed by atoms with Gasteiger partial charge in [0.25, 0.3) is 5.78 Å². The van der Waals surface area contributed by atoms with Gasteiger partial charge in [0.1, 0.15) is 17.8 Å². The molecule has 274 valence electrons. The predicted molar refractivity (Wildman–Crippen MR) is 173 cm³/mol. The Morgan fingerprint density at radius 1 is 0.980 bits per heavy atom. The average Bonchev–Trinajstić information content (AvgIpc) is 3.01. The fraction of sp³-hybridized carbons (Fsp3) is 0.583. The Kier molecular flexibility index (Phi) is 9.20. The van der Waals surface area contributed by atoms with Gasteiger partial charge in [-0.2, -0.15) is 4.79 Å². The highest BCUT2D eigenvalue weighted by Crippen LogP contribution is 2.64. The summed E-state index contributed by atoms with van der Waals surface area (Å²) < 4.78 is 35.1. The molecule has 1 aromatic rings. The zero-order valence-corrected chi connectivity index (χ0v) is 29.9. The zero-order valence-electron chi connectivity index (χ0n) is 29.9. The zero-order chi connectivity index (χ0) is 38.1. The molecule has 1 saturated heterocycles. The third-order valence-corrected chi connectivity index (χ3v) is 10.6. The van der Waals surface area contributed by atoms with E-state index in [0.29, 0.717) is 0 Å². The lowest BCUT2D eigenvalue weighted by atomic mass is 9.44. The minimum atomic E-state index is -2.83. The smallest absolute Gasteiger partial charge is 0.454 e. The van der Waals surface area contributed by atoms with Gasteiger partial charge < -0.3 is 39.1 Å². The van der Waals surface area contributed by atoms with E-state index in [1.165, 1.54) is 39.8 Å². The number of Topliss-reactive ketones (excluding diaryl/α,β-unsaturated/α-hetero) is 2. The second kappa shape index (κ2) is 12.5. The summed E-state index contributed by atoms with van der Waals surface area (Å²) in [6.07, 6.45) is -8.07. The average molecular weight is 711 g/mol. The van der Waals surface area contributed by atoms with Crippen LogP contribution in [0.25, 0.3) is 5.53 Å². The van der Waals surface area contributed by atoms with Crippen LogP contribution in [0.4, 0.5) is 4.79 Å². The number of carbonyl (C=O) groups excluding carboxylic acids is 6. The second-order valence-corrected chi connectivity index (χ2v) is 15.2. The molecule has 2 saturated carbocycles. The molecule has 1 heterocycles. The maximum absolute atomic E-state index is 15.4. The Hall–Kier alpha value is -4.72. The topological polar surface area (TPSA) is 214 Å². The molecule has 8 atom stereocenters. The quantitative estimate of drug-likeness (QED) is 0.202. The first-order valence-corrected chi connectivity index (χ1v) is 16.5. The number of allylic oxidation sites excluding steroid dienone is 1. The summed E-state index contributed by atoms with van der Waals surface area (Å²) in [5, 5.41) is 13.2. The van der Waals surface area contributed by atoms with Crippen molar-refractivity contribution in [2.75, 3.05) is 6.61 Å². The van der Waals surface area contributed by atoms with Gasteiger partial charge in [0.05, 0.1) is 23.5 Å². The normalized spacial score (nSPS) is 33.9. The van der Waals surface area contributed by atoms with E-state index in [1.54, 1.807) is 39.0 Å². The molecule has 0 spiro atoms. The third-order valence-electron chi connectivity index (χ3n) is 10.6. The molecule has 2 bridgehead atoms. The SMILES string of the molecule is CC(=O)O[C@H]1C(=O)[C@]2(C)[C@@H](OC(=O)OC(C)(C)C)C[C@H]3OC[C@@]3(OC(C)=O)[C@H]2[C@H](OC(=O)c2ccccc2)[C@]2(O)C(=[N+]=[N-])C(=O)C(C)=C1C2(C)C. The number of esters is 3. The Labute approximate surface area is 294 Å². The lowest BCUT2D eigenvalue weighted by molar-refractivity contribution is -0.341. The van der Waals surface area contributed by atoms with E-state index in [2.05, 4.69) is 4.79 Å². The highest BCUT2D eigenvalue weighted by Gasteiger charge is 2.81. The minimum Gasteiger partial charge on any atom is -0.454 e. The van der Waals surface area contributed by atoms with E-state index < -0.39 is 99.3 Å². The fourth-order valence-corrected chi connectivity index (χ4v) is 8.36. The predicted octanol–water partition coefficient (Wildman–Crippen LogP) is 3.10. The molecule has 0 unspecified atom stereocenters. The molecular formula is C36H42N2O13. The van der Waals surface area contributed by atoms with Gasteiger partial charge in [-0.15, -0.1) is 0 Å². The van der Waals surface area contributed by atoms with Crippen molar-refractivity contribution in [3.8, 4) is 0 Å². The lowest BCUT2D eigenvalue weighted by Gasteiger charge is -2.66. The van der Waals surface area contributed by atoms with Gasteiger partial charge in [-0.25, -0.2) is 9.59 Å². The van der Waals surface area contributed by atoms with Gasteiger partial charge in [0, 0.05) is 31.3 Å². The molecule has 51 heavy (non-hydrogen) atoms. The first-order chi connectivity index (χ1) is 23.6. The Morgan fingerprint density at radius 3 is 2.12 bits per heavy atom. The fourth-order valence-electron chi connectivity index (χ4n) is 8.36. The number of fused-ring (bicyclic) bond motifs is 5. The van der Waals surface area contributed by atoms with E-state index in [4.69, 9.17) is 28.4 Å². The van der Waals surface area contributed by atoms with Crippen molar-refractivity contribution < 1.29 is 67.1 Å². The summed E-state index contributed by atoms with van der Waals surface area (Å²) in [5.41, 5.74) is -0.565. The molecule has 1 aliphatic heterocycles. The number of hydrogen-bond acceptors (Lipinski definition) is 13. The van der Waals surface area contributed by atoms with Crippen molar-refractivity contribution in [3.05, 3.63) is 52.6 Å².